The summed E-state index contributed by atoms with van der Waals surface area (Å²) >= 11 is 7.66. The smallest absolute Gasteiger partial charge is 0.174 e. The van der Waals surface area contributed by atoms with Crippen LogP contribution in [0.4, 0.5) is 0 Å². The molecule has 0 N–H and O–H groups in total. The number of hydrogen-bond donors (Lipinski definition) is 0. The molecule has 0 aliphatic heterocycles. The van der Waals surface area contributed by atoms with E-state index in [1.165, 1.54) is 11.8 Å². The van der Waals surface area contributed by atoms with Gasteiger partial charge in [-0.15, -0.1) is 0 Å². The van der Waals surface area contributed by atoms with Gasteiger partial charge in [0, 0.05) is 31.4 Å². The van der Waals surface area contributed by atoms with Crippen molar-refractivity contribution in [1.82, 2.24) is 19.5 Å². The first-order chi connectivity index (χ1) is 8.61. The molecule has 18 heavy (non-hydrogen) atoms. The second-order valence-electron chi connectivity index (χ2n) is 4.03. The van der Waals surface area contributed by atoms with Gasteiger partial charge in [0.05, 0.1) is 0 Å². The Morgan fingerprint density at radius 3 is 2.78 bits per heavy atom. The molecule has 0 unspecified atom stereocenters. The van der Waals surface area contributed by atoms with Gasteiger partial charge in [0.1, 0.15) is 16.0 Å². The highest BCUT2D eigenvalue weighted by Gasteiger charge is 2.12. The van der Waals surface area contributed by atoms with E-state index < -0.39 is 0 Å². The van der Waals surface area contributed by atoms with Gasteiger partial charge in [-0.05, 0) is 25.1 Å². The van der Waals surface area contributed by atoms with E-state index in [-0.39, 0.29) is 0 Å². The summed E-state index contributed by atoms with van der Waals surface area (Å²) in [6, 6.07) is 0. The van der Waals surface area contributed by atoms with Gasteiger partial charge in [-0.3, -0.25) is 0 Å². The van der Waals surface area contributed by atoms with Crippen LogP contribution in [0, 0.1) is 6.92 Å². The lowest BCUT2D eigenvalue weighted by Gasteiger charge is -2.08. The summed E-state index contributed by atoms with van der Waals surface area (Å²) in [5.41, 5.74) is 0.907. The molecule has 0 aromatic carbocycles. The maximum atomic E-state index is 6.14. The van der Waals surface area contributed by atoms with Gasteiger partial charge in [-0.1, -0.05) is 18.5 Å². The molecule has 2 aromatic rings. The van der Waals surface area contributed by atoms with Crippen molar-refractivity contribution >= 4 is 23.4 Å². The first-order valence-corrected chi connectivity index (χ1v) is 6.99. The van der Waals surface area contributed by atoms with Crippen molar-refractivity contribution in [3.8, 4) is 0 Å². The Kier molecular flexibility index (Phi) is 4.24. The normalized spacial score (nSPS) is 10.9. The predicted molar refractivity (Wildman–Crippen MR) is 73.1 cm³/mol. The fourth-order valence-electron chi connectivity index (χ4n) is 1.48. The molecular weight excluding hydrogens is 268 g/mol. The zero-order chi connectivity index (χ0) is 13.1. The molecule has 0 aliphatic rings. The van der Waals surface area contributed by atoms with Crippen LogP contribution in [0.5, 0.6) is 0 Å². The molecule has 0 atom stereocenters. The molecule has 0 radical (unpaired) electrons. The third-order valence-electron chi connectivity index (χ3n) is 2.53. The van der Waals surface area contributed by atoms with Crippen LogP contribution in [-0.4, -0.2) is 19.5 Å². The van der Waals surface area contributed by atoms with Gasteiger partial charge in [0.15, 0.2) is 5.16 Å². The summed E-state index contributed by atoms with van der Waals surface area (Å²) in [7, 11) is 1.96. The van der Waals surface area contributed by atoms with E-state index >= 15 is 0 Å². The van der Waals surface area contributed by atoms with Crippen molar-refractivity contribution in [3.63, 3.8) is 0 Å². The largest absolute Gasteiger partial charge is 0.329 e. The second kappa shape index (κ2) is 5.71. The van der Waals surface area contributed by atoms with Crippen LogP contribution in [0.3, 0.4) is 0 Å². The van der Waals surface area contributed by atoms with Crippen molar-refractivity contribution in [1.29, 1.82) is 0 Å². The van der Waals surface area contributed by atoms with Crippen molar-refractivity contribution in [2.75, 3.05) is 0 Å². The molecule has 96 valence electrons. The number of nitrogens with zero attached hydrogens (tertiary/aromatic N) is 4. The summed E-state index contributed by atoms with van der Waals surface area (Å²) < 4.78 is 1.96. The summed E-state index contributed by atoms with van der Waals surface area (Å²) in [4.78, 5) is 13.1. The SMILES string of the molecule is CCCc1nc(Cl)c(C)c(Sc2nccn2C)n1. The number of rotatable bonds is 4. The maximum Gasteiger partial charge on any atom is 0.174 e. The summed E-state index contributed by atoms with van der Waals surface area (Å²) in [5, 5.41) is 2.31. The Balaban J connectivity index is 2.34. The highest BCUT2D eigenvalue weighted by molar-refractivity contribution is 7.99. The monoisotopic (exact) mass is 282 g/mol. The van der Waals surface area contributed by atoms with Crippen LogP contribution < -0.4 is 0 Å². The Labute approximate surface area is 116 Å². The molecular formula is C12H15ClN4S. The minimum Gasteiger partial charge on any atom is -0.329 e. The minimum atomic E-state index is 0.533. The predicted octanol–water partition coefficient (Wildman–Crippen LogP) is 3.28. The zero-order valence-electron chi connectivity index (χ0n) is 10.6. The van der Waals surface area contributed by atoms with E-state index in [1.807, 2.05) is 24.7 Å². The first kappa shape index (κ1) is 13.4. The number of aryl methyl sites for hydroxylation is 2. The van der Waals surface area contributed by atoms with E-state index in [9.17, 15) is 0 Å². The lowest BCUT2D eigenvalue weighted by Crippen LogP contribution is -2.00. The minimum absolute atomic E-state index is 0.533. The third-order valence-corrected chi connectivity index (χ3v) is 4.06. The van der Waals surface area contributed by atoms with Gasteiger partial charge < -0.3 is 4.57 Å². The standard InChI is InChI=1S/C12H15ClN4S/c1-4-5-9-15-10(13)8(2)11(16-9)18-12-14-6-7-17(12)3/h6-7H,4-5H2,1-3H3. The lowest BCUT2D eigenvalue weighted by atomic mass is 10.3. The van der Waals surface area contributed by atoms with Crippen LogP contribution in [0.1, 0.15) is 24.7 Å². The highest BCUT2D eigenvalue weighted by atomic mass is 35.5. The molecule has 0 spiro atoms. The van der Waals surface area contributed by atoms with Gasteiger partial charge in [-0.25, -0.2) is 15.0 Å². The van der Waals surface area contributed by atoms with E-state index in [4.69, 9.17) is 11.6 Å². The Hall–Kier alpha value is -1.07. The Morgan fingerprint density at radius 1 is 1.39 bits per heavy atom. The number of halogens is 1. The van der Waals surface area contributed by atoms with E-state index in [2.05, 4.69) is 21.9 Å². The van der Waals surface area contributed by atoms with Gasteiger partial charge in [0.2, 0.25) is 0 Å². The van der Waals surface area contributed by atoms with Crippen LogP contribution in [-0.2, 0) is 13.5 Å². The average molecular weight is 283 g/mol. The molecule has 0 saturated heterocycles. The van der Waals surface area contributed by atoms with E-state index in [1.54, 1.807) is 6.20 Å². The molecule has 0 amide bonds. The van der Waals surface area contributed by atoms with Crippen molar-refractivity contribution in [2.45, 2.75) is 36.9 Å². The fraction of sp³-hybridized carbons (Fsp3) is 0.417. The molecule has 0 bridgehead atoms. The number of hydrogen-bond acceptors (Lipinski definition) is 4. The molecule has 0 saturated carbocycles. The quantitative estimate of drug-likeness (QED) is 0.807. The maximum absolute atomic E-state index is 6.14. The molecule has 0 aliphatic carbocycles. The summed E-state index contributed by atoms with van der Waals surface area (Å²) in [6.07, 6.45) is 5.53. The van der Waals surface area contributed by atoms with Gasteiger partial charge >= 0.3 is 0 Å². The third kappa shape index (κ3) is 2.84. The van der Waals surface area contributed by atoms with Crippen LogP contribution in [0.15, 0.2) is 22.6 Å². The Bertz CT molecular complexity index is 553. The van der Waals surface area contributed by atoms with Crippen LogP contribution >= 0.6 is 23.4 Å². The summed E-state index contributed by atoms with van der Waals surface area (Å²) in [5.74, 6) is 0.796. The molecule has 2 heterocycles. The molecule has 6 heteroatoms. The average Bonchev–Trinajstić information content (AvgIpc) is 2.72. The molecule has 2 rings (SSSR count). The van der Waals surface area contributed by atoms with Gasteiger partial charge in [-0.2, -0.15) is 0 Å². The second-order valence-corrected chi connectivity index (χ2v) is 5.35. The highest BCUT2D eigenvalue weighted by Crippen LogP contribution is 2.29. The lowest BCUT2D eigenvalue weighted by molar-refractivity contribution is 0.778. The molecule has 0 fully saturated rings. The topological polar surface area (TPSA) is 43.6 Å². The van der Waals surface area contributed by atoms with Crippen molar-refractivity contribution < 1.29 is 0 Å². The number of aromatic nitrogens is 4. The zero-order valence-corrected chi connectivity index (χ0v) is 12.2. The summed E-state index contributed by atoms with van der Waals surface area (Å²) in [6.45, 7) is 4.03. The van der Waals surface area contributed by atoms with E-state index in [0.717, 1.165) is 34.4 Å². The van der Waals surface area contributed by atoms with E-state index in [0.29, 0.717) is 5.15 Å². The van der Waals surface area contributed by atoms with Gasteiger partial charge in [0.25, 0.3) is 0 Å². The number of imidazole rings is 1. The van der Waals surface area contributed by atoms with Crippen LogP contribution in [0.2, 0.25) is 5.15 Å². The van der Waals surface area contributed by atoms with Crippen LogP contribution in [0.25, 0.3) is 0 Å². The molecule has 4 nitrogen and oxygen atoms in total. The fourth-order valence-corrected chi connectivity index (χ4v) is 2.62. The Morgan fingerprint density at radius 2 is 2.17 bits per heavy atom. The van der Waals surface area contributed by atoms with Crippen molar-refractivity contribution in [2.24, 2.45) is 7.05 Å². The molecule has 2 aromatic heterocycles. The first-order valence-electron chi connectivity index (χ1n) is 5.80. The van der Waals surface area contributed by atoms with Crippen molar-refractivity contribution in [3.05, 3.63) is 28.9 Å².